The SMILES string of the molecule is CCOC(=O)[C@](NC(=O)CC)(Nc1ccc(S(=O)(=O)Nc2onc(C)c2C)cc1)C(F)(F)F. The van der Waals surface area contributed by atoms with Crippen LogP contribution in [0.25, 0.3) is 0 Å². The van der Waals surface area contributed by atoms with E-state index in [1.54, 1.807) is 19.2 Å². The van der Waals surface area contributed by atoms with Crippen molar-refractivity contribution in [3.8, 4) is 0 Å². The van der Waals surface area contributed by atoms with Gasteiger partial charge in [-0.1, -0.05) is 12.1 Å². The number of hydrogen-bond acceptors (Lipinski definition) is 8. The number of ether oxygens (including phenoxy) is 1. The van der Waals surface area contributed by atoms with Crippen molar-refractivity contribution in [2.75, 3.05) is 16.6 Å². The average molecular weight is 492 g/mol. The molecule has 0 aliphatic carbocycles. The third-order valence-corrected chi connectivity index (χ3v) is 5.88. The Balaban J connectivity index is 2.39. The van der Waals surface area contributed by atoms with Crippen LogP contribution in [0.4, 0.5) is 24.7 Å². The van der Waals surface area contributed by atoms with Crippen LogP contribution < -0.4 is 15.4 Å². The standard InChI is InChI=1S/C19H23F3N4O6S/c1-5-15(27)24-18(19(20,21)22,17(28)31-6-2)23-13-7-9-14(10-8-13)33(29,30)26-16-11(3)12(4)25-32-16/h7-10,23,26H,5-6H2,1-4H3,(H,24,27)/t18-/m1/s1. The molecule has 0 bridgehead atoms. The Bertz CT molecular complexity index is 1120. The molecule has 3 N–H and O–H groups in total. The smallest absolute Gasteiger partial charge is 0.441 e. The van der Waals surface area contributed by atoms with Gasteiger partial charge in [0.1, 0.15) is 0 Å². The molecule has 182 valence electrons. The molecule has 1 amide bonds. The quantitative estimate of drug-likeness (QED) is 0.359. The summed E-state index contributed by atoms with van der Waals surface area (Å²) in [5.74, 6) is -2.93. The molecule has 0 aliphatic heterocycles. The van der Waals surface area contributed by atoms with E-state index in [2.05, 4.69) is 14.6 Å². The maximum absolute atomic E-state index is 14.0. The highest BCUT2D eigenvalue weighted by atomic mass is 32.2. The third kappa shape index (κ3) is 5.56. The highest BCUT2D eigenvalue weighted by molar-refractivity contribution is 7.92. The molecular weight excluding hydrogens is 469 g/mol. The van der Waals surface area contributed by atoms with Gasteiger partial charge in [-0.2, -0.15) is 13.2 Å². The summed E-state index contributed by atoms with van der Waals surface area (Å²) < 4.78 is 78.7. The van der Waals surface area contributed by atoms with Gasteiger partial charge in [-0.15, -0.1) is 0 Å². The lowest BCUT2D eigenvalue weighted by Crippen LogP contribution is -2.69. The Hall–Kier alpha value is -3.29. The van der Waals surface area contributed by atoms with Gasteiger partial charge in [0.15, 0.2) is 0 Å². The summed E-state index contributed by atoms with van der Waals surface area (Å²) in [5.41, 5.74) is -2.94. The van der Waals surface area contributed by atoms with Gasteiger partial charge in [-0.3, -0.25) is 4.79 Å². The molecule has 0 saturated carbocycles. The molecule has 10 nitrogen and oxygen atoms in total. The second kappa shape index (κ2) is 9.68. The van der Waals surface area contributed by atoms with Crippen LogP contribution in [0.3, 0.4) is 0 Å². The zero-order valence-electron chi connectivity index (χ0n) is 18.2. The molecule has 0 fully saturated rings. The largest absolute Gasteiger partial charge is 0.463 e. The molecule has 1 aromatic heterocycles. The number of halogens is 3. The second-order valence-electron chi connectivity index (χ2n) is 6.85. The molecule has 14 heteroatoms. The summed E-state index contributed by atoms with van der Waals surface area (Å²) in [6.45, 7) is 5.46. The van der Waals surface area contributed by atoms with E-state index in [-0.39, 0.29) is 29.5 Å². The minimum atomic E-state index is -5.29. The number of sulfonamides is 1. The maximum atomic E-state index is 14.0. The summed E-state index contributed by atoms with van der Waals surface area (Å²) in [5, 5.41) is 7.22. The number of rotatable bonds is 9. The van der Waals surface area contributed by atoms with Crippen molar-refractivity contribution >= 4 is 33.5 Å². The lowest BCUT2D eigenvalue weighted by molar-refractivity contribution is -0.207. The minimum Gasteiger partial charge on any atom is -0.463 e. The van der Waals surface area contributed by atoms with Crippen LogP contribution in [0.5, 0.6) is 0 Å². The molecule has 0 aliphatic rings. The third-order valence-electron chi connectivity index (χ3n) is 4.54. The predicted molar refractivity (Wildman–Crippen MR) is 111 cm³/mol. The monoisotopic (exact) mass is 492 g/mol. The van der Waals surface area contributed by atoms with Gasteiger partial charge in [0.05, 0.1) is 17.2 Å². The van der Waals surface area contributed by atoms with Gasteiger partial charge in [-0.25, -0.2) is 17.9 Å². The normalized spacial score (nSPS) is 13.7. The highest BCUT2D eigenvalue weighted by Gasteiger charge is 2.63. The van der Waals surface area contributed by atoms with Crippen LogP contribution in [0.15, 0.2) is 33.7 Å². The van der Waals surface area contributed by atoms with Crippen molar-refractivity contribution in [1.82, 2.24) is 10.5 Å². The highest BCUT2D eigenvalue weighted by Crippen LogP contribution is 2.34. The lowest BCUT2D eigenvalue weighted by atomic mass is 10.1. The number of aryl methyl sites for hydroxylation is 1. The van der Waals surface area contributed by atoms with Gasteiger partial charge in [0.25, 0.3) is 10.0 Å². The zero-order valence-corrected chi connectivity index (χ0v) is 19.0. The molecule has 0 radical (unpaired) electrons. The van der Waals surface area contributed by atoms with Crippen LogP contribution in [-0.4, -0.2) is 43.9 Å². The number of aromatic nitrogens is 1. The van der Waals surface area contributed by atoms with Crippen LogP contribution in [-0.2, 0) is 24.3 Å². The number of nitrogens with one attached hydrogen (secondary N) is 3. The number of benzene rings is 1. The number of esters is 1. The van der Waals surface area contributed by atoms with Crippen molar-refractivity contribution in [3.63, 3.8) is 0 Å². The van der Waals surface area contributed by atoms with Gasteiger partial charge in [-0.05, 0) is 45.0 Å². The van der Waals surface area contributed by atoms with E-state index in [0.29, 0.717) is 11.3 Å². The molecule has 1 aromatic carbocycles. The Morgan fingerprint density at radius 3 is 2.18 bits per heavy atom. The number of alkyl halides is 3. The predicted octanol–water partition coefficient (Wildman–Crippen LogP) is 2.85. The Morgan fingerprint density at radius 2 is 1.73 bits per heavy atom. The summed E-state index contributed by atoms with van der Waals surface area (Å²) in [7, 11) is -4.15. The molecule has 0 unspecified atom stereocenters. The van der Waals surface area contributed by atoms with Crippen molar-refractivity contribution in [2.45, 2.75) is 50.9 Å². The van der Waals surface area contributed by atoms with Crippen molar-refractivity contribution < 1.29 is 40.4 Å². The van der Waals surface area contributed by atoms with E-state index in [1.165, 1.54) is 13.8 Å². The van der Waals surface area contributed by atoms with Crippen LogP contribution >= 0.6 is 0 Å². The number of carbonyl (C=O) groups excluding carboxylic acids is 2. The maximum Gasteiger partial charge on any atom is 0.441 e. The molecule has 0 spiro atoms. The summed E-state index contributed by atoms with van der Waals surface area (Å²) in [6, 6.07) is 4.03. The van der Waals surface area contributed by atoms with E-state index in [9.17, 15) is 31.2 Å². The van der Waals surface area contributed by atoms with Gasteiger partial charge in [0.2, 0.25) is 11.8 Å². The molecule has 2 aromatic rings. The zero-order chi connectivity index (χ0) is 25.0. The summed E-state index contributed by atoms with van der Waals surface area (Å²) in [4.78, 5) is 23.8. The van der Waals surface area contributed by atoms with Crippen molar-refractivity contribution in [2.24, 2.45) is 0 Å². The molecule has 1 atom stereocenters. The first-order chi connectivity index (χ1) is 15.3. The van der Waals surface area contributed by atoms with E-state index >= 15 is 0 Å². The topological polar surface area (TPSA) is 140 Å². The van der Waals surface area contributed by atoms with Crippen molar-refractivity contribution in [3.05, 3.63) is 35.5 Å². The Morgan fingerprint density at radius 1 is 1.12 bits per heavy atom. The van der Waals surface area contributed by atoms with E-state index in [0.717, 1.165) is 24.3 Å². The van der Waals surface area contributed by atoms with Crippen molar-refractivity contribution in [1.29, 1.82) is 0 Å². The van der Waals surface area contributed by atoms with E-state index < -0.39 is 33.7 Å². The lowest BCUT2D eigenvalue weighted by Gasteiger charge is -2.35. The minimum absolute atomic E-state index is 0.102. The number of anilines is 2. The molecule has 1 heterocycles. The van der Waals surface area contributed by atoms with Gasteiger partial charge < -0.3 is 19.9 Å². The Labute approximate surface area is 187 Å². The average Bonchev–Trinajstić information content (AvgIpc) is 3.04. The van der Waals surface area contributed by atoms with Crippen LogP contribution in [0.2, 0.25) is 0 Å². The van der Waals surface area contributed by atoms with E-state index in [4.69, 9.17) is 4.52 Å². The first kappa shape index (κ1) is 26.0. The fourth-order valence-corrected chi connectivity index (χ4v) is 3.60. The summed E-state index contributed by atoms with van der Waals surface area (Å²) >= 11 is 0. The van der Waals surface area contributed by atoms with E-state index in [1.807, 2.05) is 5.32 Å². The molecule has 0 saturated heterocycles. The number of nitrogens with zero attached hydrogens (tertiary/aromatic N) is 1. The molecule has 2 rings (SSSR count). The fraction of sp³-hybridized carbons (Fsp3) is 0.421. The number of hydrogen-bond donors (Lipinski definition) is 3. The van der Waals surface area contributed by atoms with Gasteiger partial charge in [0, 0.05) is 17.7 Å². The van der Waals surface area contributed by atoms with Gasteiger partial charge >= 0.3 is 17.8 Å². The van der Waals surface area contributed by atoms with Crippen LogP contribution in [0, 0.1) is 13.8 Å². The number of carbonyl (C=O) groups is 2. The summed E-state index contributed by atoms with van der Waals surface area (Å²) in [6.07, 6.45) is -5.62. The first-order valence-corrected chi connectivity index (χ1v) is 11.1. The molecule has 33 heavy (non-hydrogen) atoms. The first-order valence-electron chi connectivity index (χ1n) is 9.66. The van der Waals surface area contributed by atoms with Crippen LogP contribution in [0.1, 0.15) is 31.5 Å². The number of amides is 1. The molecular formula is C19H23F3N4O6S. The second-order valence-corrected chi connectivity index (χ2v) is 8.53. The Kier molecular flexibility index (Phi) is 7.62. The fourth-order valence-electron chi connectivity index (χ4n) is 2.55.